The third kappa shape index (κ3) is 2.64. The molecule has 0 bridgehead atoms. The summed E-state index contributed by atoms with van der Waals surface area (Å²) < 4.78 is 5.50. The Morgan fingerprint density at radius 2 is 2.15 bits per heavy atom. The van der Waals surface area contributed by atoms with E-state index in [9.17, 15) is 10.1 Å². The van der Waals surface area contributed by atoms with E-state index in [2.05, 4.69) is 4.98 Å². The average molecular weight is 270 g/mol. The number of hydrogen-bond acceptors (Lipinski definition) is 6. The molecule has 0 radical (unpaired) electrons. The first-order valence-electron chi connectivity index (χ1n) is 5.61. The Bertz CT molecular complexity index is 722. The van der Waals surface area contributed by atoms with Crippen molar-refractivity contribution in [2.45, 2.75) is 6.92 Å². The number of pyridine rings is 1. The van der Waals surface area contributed by atoms with Gasteiger partial charge in [0.1, 0.15) is 11.8 Å². The van der Waals surface area contributed by atoms with Gasteiger partial charge in [-0.3, -0.25) is 10.1 Å². The topological polar surface area (TPSA) is 115 Å². The molecule has 1 aromatic carbocycles. The number of rotatable bonds is 3. The smallest absolute Gasteiger partial charge is 0.305 e. The number of nitriles is 1. The molecule has 0 amide bonds. The maximum absolute atomic E-state index is 10.7. The predicted octanol–water partition coefficient (Wildman–Crippen LogP) is 2.54. The molecule has 20 heavy (non-hydrogen) atoms. The summed E-state index contributed by atoms with van der Waals surface area (Å²) in [5.41, 5.74) is 6.38. The van der Waals surface area contributed by atoms with Crippen LogP contribution < -0.4 is 10.5 Å². The third-order valence-electron chi connectivity index (χ3n) is 2.56. The molecular formula is C13H10N4O3. The van der Waals surface area contributed by atoms with Gasteiger partial charge in [-0.2, -0.15) is 10.2 Å². The number of nitrogens with two attached hydrogens (primary N) is 1. The monoisotopic (exact) mass is 270 g/mol. The highest BCUT2D eigenvalue weighted by atomic mass is 16.6. The van der Waals surface area contributed by atoms with Gasteiger partial charge in [0.25, 0.3) is 0 Å². The molecule has 2 N–H and O–H groups in total. The van der Waals surface area contributed by atoms with E-state index in [-0.39, 0.29) is 17.3 Å². The SMILES string of the molecule is Cc1cc(N)ccc1Oc1ccc([N+](=O)[O-])c(C#N)n1. The molecule has 100 valence electrons. The van der Waals surface area contributed by atoms with Crippen molar-refractivity contribution in [3.05, 3.63) is 51.7 Å². The van der Waals surface area contributed by atoms with E-state index in [0.29, 0.717) is 11.4 Å². The van der Waals surface area contributed by atoms with Gasteiger partial charge in [0, 0.05) is 17.8 Å². The molecular weight excluding hydrogens is 260 g/mol. The maximum atomic E-state index is 10.7. The molecule has 0 spiro atoms. The maximum Gasteiger partial charge on any atom is 0.305 e. The Hall–Kier alpha value is -3.14. The van der Waals surface area contributed by atoms with Gasteiger partial charge >= 0.3 is 5.69 Å². The second-order valence-electron chi connectivity index (χ2n) is 4.01. The van der Waals surface area contributed by atoms with E-state index in [4.69, 9.17) is 15.7 Å². The molecule has 0 unspecified atom stereocenters. The first kappa shape index (κ1) is 13.3. The van der Waals surface area contributed by atoms with E-state index in [1.807, 2.05) is 6.92 Å². The van der Waals surface area contributed by atoms with E-state index in [1.54, 1.807) is 24.3 Å². The van der Waals surface area contributed by atoms with Crippen LogP contribution in [0.15, 0.2) is 30.3 Å². The largest absolute Gasteiger partial charge is 0.439 e. The Morgan fingerprint density at radius 3 is 2.75 bits per heavy atom. The minimum absolute atomic E-state index is 0.111. The summed E-state index contributed by atoms with van der Waals surface area (Å²) in [6.07, 6.45) is 0. The van der Waals surface area contributed by atoms with Crippen molar-refractivity contribution in [1.29, 1.82) is 5.26 Å². The first-order chi connectivity index (χ1) is 9.51. The van der Waals surface area contributed by atoms with Crippen molar-refractivity contribution in [1.82, 2.24) is 4.98 Å². The van der Waals surface area contributed by atoms with Gasteiger partial charge in [-0.25, -0.2) is 0 Å². The fraction of sp³-hybridized carbons (Fsp3) is 0.0769. The van der Waals surface area contributed by atoms with Crippen molar-refractivity contribution < 1.29 is 9.66 Å². The summed E-state index contributed by atoms with van der Waals surface area (Å²) in [5.74, 6) is 0.629. The molecule has 0 saturated carbocycles. The average Bonchev–Trinajstić information content (AvgIpc) is 2.41. The van der Waals surface area contributed by atoms with Gasteiger partial charge in [-0.15, -0.1) is 0 Å². The highest BCUT2D eigenvalue weighted by Gasteiger charge is 2.16. The summed E-state index contributed by atoms with van der Waals surface area (Å²) in [5, 5.41) is 19.6. The predicted molar refractivity (Wildman–Crippen MR) is 71.3 cm³/mol. The van der Waals surface area contributed by atoms with Crippen molar-refractivity contribution >= 4 is 11.4 Å². The molecule has 0 aliphatic rings. The molecule has 7 heteroatoms. The quantitative estimate of drug-likeness (QED) is 0.520. The molecule has 0 aliphatic carbocycles. The minimum Gasteiger partial charge on any atom is -0.439 e. The van der Waals surface area contributed by atoms with Crippen LogP contribution in [0.1, 0.15) is 11.3 Å². The van der Waals surface area contributed by atoms with E-state index in [0.717, 1.165) is 5.56 Å². The number of benzene rings is 1. The van der Waals surface area contributed by atoms with Crippen LogP contribution in [0.3, 0.4) is 0 Å². The third-order valence-corrected chi connectivity index (χ3v) is 2.56. The highest BCUT2D eigenvalue weighted by molar-refractivity contribution is 5.49. The first-order valence-corrected chi connectivity index (χ1v) is 5.61. The molecule has 1 aromatic heterocycles. The van der Waals surface area contributed by atoms with Crippen LogP contribution >= 0.6 is 0 Å². The Balaban J connectivity index is 2.35. The Morgan fingerprint density at radius 1 is 1.40 bits per heavy atom. The Kier molecular flexibility index (Phi) is 3.48. The lowest BCUT2D eigenvalue weighted by atomic mass is 10.2. The molecule has 0 aliphatic heterocycles. The lowest BCUT2D eigenvalue weighted by Crippen LogP contribution is -1.98. The lowest BCUT2D eigenvalue weighted by molar-refractivity contribution is -0.385. The Labute approximate surface area is 114 Å². The zero-order valence-electron chi connectivity index (χ0n) is 10.5. The number of ether oxygens (including phenoxy) is 1. The van der Waals surface area contributed by atoms with Crippen LogP contribution in [0.25, 0.3) is 0 Å². The van der Waals surface area contributed by atoms with Gasteiger partial charge in [0.15, 0.2) is 0 Å². The van der Waals surface area contributed by atoms with E-state index in [1.165, 1.54) is 12.1 Å². The highest BCUT2D eigenvalue weighted by Crippen LogP contribution is 2.27. The van der Waals surface area contributed by atoms with Crippen LogP contribution in [0, 0.1) is 28.4 Å². The lowest BCUT2D eigenvalue weighted by Gasteiger charge is -2.08. The van der Waals surface area contributed by atoms with Crippen LogP contribution in [0.4, 0.5) is 11.4 Å². The van der Waals surface area contributed by atoms with E-state index >= 15 is 0 Å². The van der Waals surface area contributed by atoms with Crippen LogP contribution in [-0.4, -0.2) is 9.91 Å². The van der Waals surface area contributed by atoms with Crippen LogP contribution in [-0.2, 0) is 0 Å². The van der Waals surface area contributed by atoms with Crippen molar-refractivity contribution in [2.75, 3.05) is 5.73 Å². The summed E-state index contributed by atoms with van der Waals surface area (Å²) in [6, 6.07) is 9.26. The molecule has 2 rings (SSSR count). The molecule has 2 aromatic rings. The molecule has 7 nitrogen and oxygen atoms in total. The molecule has 0 atom stereocenters. The number of anilines is 1. The van der Waals surface area contributed by atoms with Gasteiger partial charge in [-0.1, -0.05) is 0 Å². The second kappa shape index (κ2) is 5.24. The van der Waals surface area contributed by atoms with Crippen molar-refractivity contribution in [2.24, 2.45) is 0 Å². The van der Waals surface area contributed by atoms with Crippen molar-refractivity contribution in [3.8, 4) is 17.7 Å². The normalized spacial score (nSPS) is 9.80. The fourth-order valence-corrected chi connectivity index (χ4v) is 1.62. The molecule has 1 heterocycles. The van der Waals surface area contributed by atoms with Gasteiger partial charge in [-0.05, 0) is 30.7 Å². The summed E-state index contributed by atoms with van der Waals surface area (Å²) in [7, 11) is 0. The fourth-order valence-electron chi connectivity index (χ4n) is 1.62. The minimum atomic E-state index is -0.663. The second-order valence-corrected chi connectivity index (χ2v) is 4.01. The number of nitrogen functional groups attached to an aromatic ring is 1. The van der Waals surface area contributed by atoms with Crippen LogP contribution in [0.5, 0.6) is 11.6 Å². The van der Waals surface area contributed by atoms with Crippen LogP contribution in [0.2, 0.25) is 0 Å². The van der Waals surface area contributed by atoms with Crippen molar-refractivity contribution in [3.63, 3.8) is 0 Å². The summed E-state index contributed by atoms with van der Waals surface area (Å²) in [4.78, 5) is 13.9. The van der Waals surface area contributed by atoms with Gasteiger partial charge in [0.2, 0.25) is 11.6 Å². The summed E-state index contributed by atoms with van der Waals surface area (Å²) >= 11 is 0. The number of aromatic nitrogens is 1. The number of nitrogens with zero attached hydrogens (tertiary/aromatic N) is 3. The number of aryl methyl sites for hydroxylation is 1. The zero-order chi connectivity index (χ0) is 14.7. The zero-order valence-corrected chi connectivity index (χ0v) is 10.5. The number of hydrogen-bond donors (Lipinski definition) is 1. The molecule has 0 saturated heterocycles. The standard InChI is InChI=1S/C13H10N4O3/c1-8-6-9(15)2-4-12(8)20-13-5-3-11(17(18)19)10(7-14)16-13/h2-6H,15H2,1H3. The molecule has 0 fully saturated rings. The summed E-state index contributed by atoms with van der Waals surface area (Å²) in [6.45, 7) is 1.81. The van der Waals surface area contributed by atoms with E-state index < -0.39 is 4.92 Å². The van der Waals surface area contributed by atoms with Gasteiger partial charge < -0.3 is 10.5 Å². The van der Waals surface area contributed by atoms with Gasteiger partial charge in [0.05, 0.1) is 4.92 Å². The number of nitro groups is 1.